The van der Waals surface area contributed by atoms with Crippen molar-refractivity contribution in [2.45, 2.75) is 44.9 Å². The van der Waals surface area contributed by atoms with Gasteiger partial charge in [-0.15, -0.1) is 0 Å². The van der Waals surface area contributed by atoms with Gasteiger partial charge in [0, 0.05) is 18.5 Å². The average molecular weight is 461 g/mol. The fraction of sp³-hybridized carbons (Fsp3) is 0.417. The Bertz CT molecular complexity index is 921. The number of carbonyl (C=O) groups is 2. The Kier molecular flexibility index (Phi) is 9.63. The van der Waals surface area contributed by atoms with E-state index in [2.05, 4.69) is 5.32 Å². The minimum atomic E-state index is -3.88. The van der Waals surface area contributed by atoms with Crippen LogP contribution in [0.1, 0.15) is 31.4 Å². The Hall–Kier alpha value is -2.47. The molecule has 1 amide bonds. The fourth-order valence-electron chi connectivity index (χ4n) is 3.62. The molecule has 0 radical (unpaired) electrons. The van der Waals surface area contributed by atoms with E-state index in [0.717, 1.165) is 11.1 Å². The minimum absolute atomic E-state index is 0.0773. The summed E-state index contributed by atoms with van der Waals surface area (Å²) in [5.74, 6) is -3.44. The number of carboxylic acids is 1. The van der Waals surface area contributed by atoms with E-state index in [1.807, 2.05) is 50.2 Å². The van der Waals surface area contributed by atoms with Gasteiger partial charge in [0.25, 0.3) is 0 Å². The van der Waals surface area contributed by atoms with E-state index in [0.29, 0.717) is 6.42 Å². The molecule has 2 aromatic rings. The Balaban J connectivity index is 2.11. The van der Waals surface area contributed by atoms with Crippen LogP contribution < -0.4 is 11.1 Å². The Morgan fingerprint density at radius 1 is 0.969 bits per heavy atom. The van der Waals surface area contributed by atoms with Gasteiger partial charge in [-0.3, -0.25) is 9.36 Å². The highest BCUT2D eigenvalue weighted by Gasteiger charge is 2.35. The molecule has 7 nitrogen and oxygen atoms in total. The summed E-state index contributed by atoms with van der Waals surface area (Å²) in [7, 11) is -3.88. The zero-order valence-electron chi connectivity index (χ0n) is 18.6. The third-order valence-corrected chi connectivity index (χ3v) is 7.49. The molecule has 2 aromatic carbocycles. The molecule has 0 saturated carbocycles. The average Bonchev–Trinajstić information content (AvgIpc) is 2.73. The van der Waals surface area contributed by atoms with E-state index in [-0.39, 0.29) is 24.9 Å². The topological polar surface area (TPSA) is 130 Å². The van der Waals surface area contributed by atoms with Crippen molar-refractivity contribution in [3.8, 4) is 0 Å². The summed E-state index contributed by atoms with van der Waals surface area (Å²) in [5, 5.41) is 12.2. The molecule has 32 heavy (non-hydrogen) atoms. The quantitative estimate of drug-likeness (QED) is 0.360. The van der Waals surface area contributed by atoms with E-state index in [4.69, 9.17) is 5.73 Å². The van der Waals surface area contributed by atoms with Crippen molar-refractivity contribution in [2.24, 2.45) is 17.6 Å². The molecule has 5 N–H and O–H groups in total. The molecule has 0 aliphatic carbocycles. The molecule has 0 saturated heterocycles. The van der Waals surface area contributed by atoms with Gasteiger partial charge in [-0.05, 0) is 29.9 Å². The summed E-state index contributed by atoms with van der Waals surface area (Å²) in [6, 6.07) is 17.1. The van der Waals surface area contributed by atoms with E-state index in [9.17, 15) is 24.2 Å². The summed E-state index contributed by atoms with van der Waals surface area (Å²) in [5.41, 5.74) is 7.69. The third-order valence-electron chi connectivity index (χ3n) is 5.31. The lowest BCUT2D eigenvalue weighted by Gasteiger charge is -2.26. The number of aliphatic carboxylic acids is 1. The van der Waals surface area contributed by atoms with Gasteiger partial charge in [0.1, 0.15) is 6.04 Å². The van der Waals surface area contributed by atoms with Crippen LogP contribution in [0.15, 0.2) is 60.7 Å². The van der Waals surface area contributed by atoms with Gasteiger partial charge in [-0.1, -0.05) is 74.5 Å². The van der Waals surface area contributed by atoms with Crippen molar-refractivity contribution < 1.29 is 24.2 Å². The molecule has 0 aliphatic heterocycles. The molecule has 0 aliphatic rings. The van der Waals surface area contributed by atoms with Crippen LogP contribution in [-0.2, 0) is 27.0 Å². The van der Waals surface area contributed by atoms with E-state index < -0.39 is 37.0 Å². The van der Waals surface area contributed by atoms with Crippen molar-refractivity contribution in [3.05, 3.63) is 71.8 Å². The van der Waals surface area contributed by atoms with Gasteiger partial charge in [-0.25, -0.2) is 4.79 Å². The van der Waals surface area contributed by atoms with E-state index >= 15 is 0 Å². The standard InChI is InChI=1S/C24H33N2O5P/c1-17(2)13-20(16-32(30,31)22(25)15-19-11-7-4-8-12-19)23(27)26-21(24(28)29)14-18-9-5-3-6-10-18/h3-12,17,20-22H,13-16,25H2,1-2H3,(H,26,27)(H,28,29)(H,30,31)/t20-,21-,22+/m0/s1. The van der Waals surface area contributed by atoms with E-state index in [1.54, 1.807) is 24.3 Å². The fourth-order valence-corrected chi connectivity index (χ4v) is 5.34. The number of hydrogen-bond donors (Lipinski definition) is 4. The van der Waals surface area contributed by atoms with Gasteiger partial charge in [0.2, 0.25) is 13.3 Å². The number of rotatable bonds is 12. The molecule has 8 heteroatoms. The van der Waals surface area contributed by atoms with E-state index in [1.165, 1.54) is 0 Å². The lowest BCUT2D eigenvalue weighted by atomic mass is 9.97. The normalized spacial score (nSPS) is 16.0. The lowest BCUT2D eigenvalue weighted by Crippen LogP contribution is -2.46. The molecular formula is C24H33N2O5P. The second kappa shape index (κ2) is 12.0. The van der Waals surface area contributed by atoms with Gasteiger partial charge < -0.3 is 21.1 Å². The second-order valence-corrected chi connectivity index (χ2v) is 11.2. The maximum absolute atomic E-state index is 13.1. The monoisotopic (exact) mass is 460 g/mol. The van der Waals surface area contributed by atoms with Crippen LogP contribution in [-0.4, -0.2) is 39.9 Å². The number of hydrogen-bond acceptors (Lipinski definition) is 4. The number of carboxylic acid groups (broad SMARTS) is 1. The Morgan fingerprint density at radius 2 is 1.47 bits per heavy atom. The van der Waals surface area contributed by atoms with Crippen LogP contribution in [0.4, 0.5) is 0 Å². The summed E-state index contributed by atoms with van der Waals surface area (Å²) in [6.45, 7) is 3.82. The lowest BCUT2D eigenvalue weighted by molar-refractivity contribution is -0.142. The van der Waals surface area contributed by atoms with Crippen LogP contribution in [0.25, 0.3) is 0 Å². The van der Waals surface area contributed by atoms with Crippen molar-refractivity contribution in [1.29, 1.82) is 0 Å². The number of amides is 1. The molecule has 0 spiro atoms. The van der Waals surface area contributed by atoms with Gasteiger partial charge in [0.15, 0.2) is 0 Å². The van der Waals surface area contributed by atoms with Crippen molar-refractivity contribution in [3.63, 3.8) is 0 Å². The molecular weight excluding hydrogens is 427 g/mol. The molecule has 0 bridgehead atoms. The highest BCUT2D eigenvalue weighted by atomic mass is 31.2. The summed E-state index contributed by atoms with van der Waals surface area (Å²) in [4.78, 5) is 35.4. The molecule has 0 aromatic heterocycles. The smallest absolute Gasteiger partial charge is 0.326 e. The first-order valence-corrected chi connectivity index (χ1v) is 12.7. The number of carbonyl (C=O) groups excluding carboxylic acids is 1. The van der Waals surface area contributed by atoms with Crippen LogP contribution in [0.2, 0.25) is 0 Å². The molecule has 174 valence electrons. The first kappa shape index (κ1) is 25.8. The van der Waals surface area contributed by atoms with Crippen molar-refractivity contribution in [2.75, 3.05) is 6.16 Å². The first-order chi connectivity index (χ1) is 15.1. The number of nitrogens with two attached hydrogens (primary N) is 1. The Labute approximate surface area is 189 Å². The number of benzene rings is 2. The highest BCUT2D eigenvalue weighted by Crippen LogP contribution is 2.47. The molecule has 2 rings (SSSR count). The van der Waals surface area contributed by atoms with Crippen molar-refractivity contribution >= 4 is 19.2 Å². The van der Waals surface area contributed by atoms with Gasteiger partial charge in [0.05, 0.1) is 5.78 Å². The van der Waals surface area contributed by atoms with Crippen LogP contribution >= 0.6 is 7.37 Å². The largest absolute Gasteiger partial charge is 0.480 e. The zero-order chi connectivity index (χ0) is 23.7. The van der Waals surface area contributed by atoms with Crippen LogP contribution in [0.3, 0.4) is 0 Å². The number of nitrogens with one attached hydrogen (secondary N) is 1. The SMILES string of the molecule is CC(C)C[C@@H](CP(=O)(O)[C@@H](N)Cc1ccccc1)C(=O)N[C@@H](Cc1ccccc1)C(=O)O. The molecule has 4 atom stereocenters. The predicted molar refractivity (Wildman–Crippen MR) is 125 cm³/mol. The summed E-state index contributed by atoms with van der Waals surface area (Å²) in [6.07, 6.45) is 0.409. The molecule has 1 unspecified atom stereocenters. The Morgan fingerprint density at radius 3 is 1.94 bits per heavy atom. The van der Waals surface area contributed by atoms with Crippen LogP contribution in [0, 0.1) is 11.8 Å². The zero-order valence-corrected chi connectivity index (χ0v) is 19.4. The molecule has 0 heterocycles. The summed E-state index contributed by atoms with van der Waals surface area (Å²) < 4.78 is 13.1. The van der Waals surface area contributed by atoms with Crippen LogP contribution in [0.5, 0.6) is 0 Å². The first-order valence-electron chi connectivity index (χ1n) is 10.8. The second-order valence-electron chi connectivity index (χ2n) is 8.61. The maximum Gasteiger partial charge on any atom is 0.326 e. The molecule has 0 fully saturated rings. The summed E-state index contributed by atoms with van der Waals surface area (Å²) >= 11 is 0. The van der Waals surface area contributed by atoms with Crippen molar-refractivity contribution in [1.82, 2.24) is 5.32 Å². The maximum atomic E-state index is 13.1. The third kappa shape index (κ3) is 8.23. The van der Waals surface area contributed by atoms with Gasteiger partial charge >= 0.3 is 5.97 Å². The van der Waals surface area contributed by atoms with Gasteiger partial charge in [-0.2, -0.15) is 0 Å². The highest BCUT2D eigenvalue weighted by molar-refractivity contribution is 7.58. The minimum Gasteiger partial charge on any atom is -0.480 e. The predicted octanol–water partition coefficient (Wildman–Crippen LogP) is 3.26.